The molecule has 1 unspecified atom stereocenters. The van der Waals surface area contributed by atoms with Crippen LogP contribution in [0.25, 0.3) is 0 Å². The van der Waals surface area contributed by atoms with Gasteiger partial charge in [-0.15, -0.1) is 0 Å². The average Bonchev–Trinajstić information content (AvgIpc) is 2.42. The number of hydrogen-bond acceptors (Lipinski definition) is 5. The van der Waals surface area contributed by atoms with Crippen LogP contribution in [-0.4, -0.2) is 38.8 Å². The van der Waals surface area contributed by atoms with Crippen molar-refractivity contribution in [1.29, 1.82) is 0 Å². The molecule has 5 heteroatoms. The van der Waals surface area contributed by atoms with Gasteiger partial charge in [-0.1, -0.05) is 32.0 Å². The molecule has 0 saturated heterocycles. The lowest BCUT2D eigenvalue weighted by atomic mass is 10.1. The molecule has 0 fully saturated rings. The Morgan fingerprint density at radius 2 is 1.84 bits per heavy atom. The van der Waals surface area contributed by atoms with E-state index in [9.17, 15) is 0 Å². The van der Waals surface area contributed by atoms with E-state index in [0.29, 0.717) is 12.0 Å². The maximum Gasteiger partial charge on any atom is 0.135 e. The first kappa shape index (κ1) is 16.3. The molecule has 0 heterocycles. The van der Waals surface area contributed by atoms with Gasteiger partial charge >= 0.3 is 0 Å². The minimum Gasteiger partial charge on any atom is -0.315 e. The number of rotatable bonds is 8. The van der Waals surface area contributed by atoms with Crippen molar-refractivity contribution in [2.24, 2.45) is 5.92 Å². The first-order valence-electron chi connectivity index (χ1n) is 6.56. The summed E-state index contributed by atoms with van der Waals surface area (Å²) < 4.78 is 7.68. The second kappa shape index (κ2) is 8.43. The Morgan fingerprint density at radius 3 is 2.37 bits per heavy atom. The van der Waals surface area contributed by atoms with Crippen LogP contribution in [0, 0.1) is 5.92 Å². The van der Waals surface area contributed by atoms with Crippen molar-refractivity contribution in [2.75, 3.05) is 32.0 Å². The van der Waals surface area contributed by atoms with Crippen molar-refractivity contribution in [3.63, 3.8) is 0 Å². The van der Waals surface area contributed by atoms with Gasteiger partial charge in [0.25, 0.3) is 0 Å². The molecule has 0 saturated carbocycles. The van der Waals surface area contributed by atoms with E-state index >= 15 is 0 Å². The molecule has 0 spiro atoms. The number of hydroxylamine groups is 2. The van der Waals surface area contributed by atoms with Crippen LogP contribution >= 0.6 is 12.2 Å². The summed E-state index contributed by atoms with van der Waals surface area (Å²) in [6, 6.07) is 10.6. The molecule has 1 aromatic rings. The first-order valence-corrected chi connectivity index (χ1v) is 7.26. The van der Waals surface area contributed by atoms with Crippen molar-refractivity contribution in [2.45, 2.75) is 19.9 Å². The van der Waals surface area contributed by atoms with Gasteiger partial charge in [-0.3, -0.25) is 4.31 Å². The van der Waals surface area contributed by atoms with Gasteiger partial charge in [0.2, 0.25) is 0 Å². The summed E-state index contributed by atoms with van der Waals surface area (Å²) in [4.78, 5) is 0. The Hall–Kier alpha value is -0.750. The maximum atomic E-state index is 5.68. The van der Waals surface area contributed by atoms with Crippen molar-refractivity contribution < 1.29 is 4.28 Å². The minimum absolute atomic E-state index is 0.424. The van der Waals surface area contributed by atoms with Gasteiger partial charge in [-0.2, -0.15) is 5.06 Å². The highest BCUT2D eigenvalue weighted by atomic mass is 32.2. The summed E-state index contributed by atoms with van der Waals surface area (Å²) >= 11 is 1.33. The standard InChI is InChI=1S/C14H25N3OS/c1-12(2)14(15-3)11-16(4)18-19-17(5)13-9-7-6-8-10-13/h6-10,12,14-15H,11H2,1-5H3. The molecule has 0 bridgehead atoms. The van der Waals surface area contributed by atoms with Crippen molar-refractivity contribution in [1.82, 2.24) is 10.4 Å². The summed E-state index contributed by atoms with van der Waals surface area (Å²) in [5.41, 5.74) is 1.12. The quantitative estimate of drug-likeness (QED) is 0.450. The van der Waals surface area contributed by atoms with Crippen LogP contribution in [0.4, 0.5) is 5.69 Å². The van der Waals surface area contributed by atoms with E-state index in [0.717, 1.165) is 12.2 Å². The molecule has 4 nitrogen and oxygen atoms in total. The number of nitrogens with one attached hydrogen (secondary N) is 1. The third-order valence-electron chi connectivity index (χ3n) is 3.02. The number of hydrogen-bond donors (Lipinski definition) is 1. The third kappa shape index (κ3) is 5.82. The fraction of sp³-hybridized carbons (Fsp3) is 0.571. The number of para-hydroxylation sites is 1. The fourth-order valence-electron chi connectivity index (χ4n) is 1.73. The smallest absolute Gasteiger partial charge is 0.135 e. The average molecular weight is 283 g/mol. The van der Waals surface area contributed by atoms with Crippen molar-refractivity contribution in [3.8, 4) is 0 Å². The summed E-state index contributed by atoms with van der Waals surface area (Å²) in [6.45, 7) is 5.26. The van der Waals surface area contributed by atoms with Crippen LogP contribution in [0.5, 0.6) is 0 Å². The molecule has 0 aromatic heterocycles. The number of benzene rings is 1. The van der Waals surface area contributed by atoms with E-state index in [1.807, 2.05) is 48.7 Å². The highest BCUT2D eigenvalue weighted by Crippen LogP contribution is 2.21. The predicted molar refractivity (Wildman–Crippen MR) is 83.8 cm³/mol. The number of anilines is 1. The van der Waals surface area contributed by atoms with Gasteiger partial charge in [0.1, 0.15) is 12.2 Å². The lowest BCUT2D eigenvalue weighted by molar-refractivity contribution is -0.0202. The fourth-order valence-corrected chi connectivity index (χ4v) is 2.21. The third-order valence-corrected chi connectivity index (χ3v) is 3.78. The molecule has 19 heavy (non-hydrogen) atoms. The molecule has 0 aliphatic heterocycles. The lowest BCUT2D eigenvalue weighted by Gasteiger charge is -2.26. The van der Waals surface area contributed by atoms with Crippen molar-refractivity contribution >= 4 is 17.9 Å². The second-order valence-corrected chi connectivity index (χ2v) is 5.78. The van der Waals surface area contributed by atoms with Gasteiger partial charge in [0.15, 0.2) is 0 Å². The SMILES string of the molecule is CNC(CN(C)OSN(C)c1ccccc1)C(C)C. The predicted octanol–water partition coefficient (Wildman–Crippen LogP) is 2.79. The van der Waals surface area contributed by atoms with Gasteiger partial charge in [0, 0.05) is 32.4 Å². The summed E-state index contributed by atoms with van der Waals surface area (Å²) in [6.07, 6.45) is 0. The largest absolute Gasteiger partial charge is 0.315 e. The van der Waals surface area contributed by atoms with Crippen LogP contribution in [0.2, 0.25) is 0 Å². The minimum atomic E-state index is 0.424. The number of likely N-dealkylation sites (N-methyl/N-ethyl adjacent to an activating group) is 2. The molecule has 0 aliphatic rings. The summed E-state index contributed by atoms with van der Waals surface area (Å²) in [7, 11) is 5.94. The van der Waals surface area contributed by atoms with Crippen LogP contribution in [0.15, 0.2) is 30.3 Å². The van der Waals surface area contributed by atoms with Gasteiger partial charge in [-0.05, 0) is 25.1 Å². The Morgan fingerprint density at radius 1 is 1.21 bits per heavy atom. The Labute approximate surface area is 121 Å². The van der Waals surface area contributed by atoms with Crippen LogP contribution in [-0.2, 0) is 4.28 Å². The normalized spacial score (nSPS) is 13.0. The zero-order chi connectivity index (χ0) is 14.3. The topological polar surface area (TPSA) is 27.7 Å². The van der Waals surface area contributed by atoms with Crippen LogP contribution in [0.1, 0.15) is 13.8 Å². The maximum absolute atomic E-state index is 5.68. The Balaban J connectivity index is 2.35. The molecule has 1 N–H and O–H groups in total. The molecule has 1 aromatic carbocycles. The number of nitrogens with zero attached hydrogens (tertiary/aromatic N) is 2. The first-order chi connectivity index (χ1) is 9.04. The zero-order valence-electron chi connectivity index (χ0n) is 12.5. The second-order valence-electron chi connectivity index (χ2n) is 4.93. The molecular formula is C14H25N3OS. The Bertz CT molecular complexity index is 348. The zero-order valence-corrected chi connectivity index (χ0v) is 13.3. The van der Waals surface area contributed by atoms with Crippen LogP contribution in [0.3, 0.4) is 0 Å². The van der Waals surface area contributed by atoms with E-state index in [1.54, 1.807) is 0 Å². The van der Waals surface area contributed by atoms with E-state index in [-0.39, 0.29) is 0 Å². The molecular weight excluding hydrogens is 258 g/mol. The highest BCUT2D eigenvalue weighted by molar-refractivity contribution is 7.96. The van der Waals surface area contributed by atoms with Crippen LogP contribution < -0.4 is 9.62 Å². The van der Waals surface area contributed by atoms with Gasteiger partial charge < -0.3 is 5.32 Å². The van der Waals surface area contributed by atoms with Crippen molar-refractivity contribution in [3.05, 3.63) is 30.3 Å². The molecule has 108 valence electrons. The molecule has 1 rings (SSSR count). The van der Waals surface area contributed by atoms with E-state index < -0.39 is 0 Å². The summed E-state index contributed by atoms with van der Waals surface area (Å²) in [5.74, 6) is 0.577. The molecule has 1 atom stereocenters. The van der Waals surface area contributed by atoms with Gasteiger partial charge in [-0.25, -0.2) is 4.28 Å². The Kier molecular flexibility index (Phi) is 7.23. The molecule has 0 amide bonds. The monoisotopic (exact) mass is 283 g/mol. The molecule has 0 radical (unpaired) electrons. The van der Waals surface area contributed by atoms with Gasteiger partial charge in [0.05, 0.1) is 0 Å². The van der Waals surface area contributed by atoms with E-state index in [1.165, 1.54) is 12.2 Å². The lowest BCUT2D eigenvalue weighted by Crippen LogP contribution is -2.40. The molecule has 0 aliphatic carbocycles. The van der Waals surface area contributed by atoms with E-state index in [2.05, 4.69) is 31.3 Å². The summed E-state index contributed by atoms with van der Waals surface area (Å²) in [5, 5.41) is 5.17. The van der Waals surface area contributed by atoms with E-state index in [4.69, 9.17) is 4.28 Å². The highest BCUT2D eigenvalue weighted by Gasteiger charge is 2.14.